The van der Waals surface area contributed by atoms with Crippen molar-refractivity contribution in [2.75, 3.05) is 39.4 Å². The highest BCUT2D eigenvalue weighted by molar-refractivity contribution is 5.94. The van der Waals surface area contributed by atoms with Gasteiger partial charge in [0, 0.05) is 44.8 Å². The predicted molar refractivity (Wildman–Crippen MR) is 84.4 cm³/mol. The highest BCUT2D eigenvalue weighted by atomic mass is 16.5. The van der Waals surface area contributed by atoms with Gasteiger partial charge < -0.3 is 14.7 Å². The van der Waals surface area contributed by atoms with E-state index in [0.29, 0.717) is 50.3 Å². The van der Waals surface area contributed by atoms with Gasteiger partial charge in [0.25, 0.3) is 5.91 Å². The van der Waals surface area contributed by atoms with E-state index in [1.807, 2.05) is 11.0 Å². The molecule has 0 spiro atoms. The molecule has 3 rings (SSSR count). The van der Waals surface area contributed by atoms with E-state index in [1.54, 1.807) is 29.2 Å². The molecule has 1 aromatic rings. The Labute approximate surface area is 140 Å². The number of nitrogens with zero attached hydrogens (tertiary/aromatic N) is 3. The SMILES string of the molecule is N#Cc1cccc(C(=O)N2CCN(C3(C(=O)O)CCOC3)CC2)c1. The Morgan fingerprint density at radius 3 is 2.58 bits per heavy atom. The summed E-state index contributed by atoms with van der Waals surface area (Å²) in [5.74, 6) is -0.986. The van der Waals surface area contributed by atoms with Crippen LogP contribution in [0, 0.1) is 11.3 Å². The second-order valence-corrected chi connectivity index (χ2v) is 6.11. The number of benzene rings is 1. The molecule has 1 unspecified atom stereocenters. The molecule has 7 heteroatoms. The van der Waals surface area contributed by atoms with Crippen LogP contribution in [0.15, 0.2) is 24.3 Å². The van der Waals surface area contributed by atoms with Crippen molar-refractivity contribution in [1.29, 1.82) is 5.26 Å². The first-order valence-electron chi connectivity index (χ1n) is 7.92. The van der Waals surface area contributed by atoms with Gasteiger partial charge in [-0.2, -0.15) is 5.26 Å². The first-order chi connectivity index (χ1) is 11.6. The molecule has 2 fully saturated rings. The van der Waals surface area contributed by atoms with Gasteiger partial charge in [-0.3, -0.25) is 14.5 Å². The summed E-state index contributed by atoms with van der Waals surface area (Å²) in [6, 6.07) is 8.65. The van der Waals surface area contributed by atoms with E-state index in [0.717, 1.165) is 0 Å². The lowest BCUT2D eigenvalue weighted by Crippen LogP contribution is -2.61. The molecule has 2 saturated heterocycles. The van der Waals surface area contributed by atoms with Crippen molar-refractivity contribution in [2.24, 2.45) is 0 Å². The number of aliphatic carboxylic acids is 1. The number of carboxylic acid groups (broad SMARTS) is 1. The van der Waals surface area contributed by atoms with Gasteiger partial charge in [0.15, 0.2) is 0 Å². The molecule has 1 atom stereocenters. The minimum atomic E-state index is -0.962. The minimum Gasteiger partial charge on any atom is -0.480 e. The maximum absolute atomic E-state index is 12.6. The highest BCUT2D eigenvalue weighted by Gasteiger charge is 2.48. The number of hydrogen-bond donors (Lipinski definition) is 1. The third-order valence-electron chi connectivity index (χ3n) is 4.81. The van der Waals surface area contributed by atoms with Crippen LogP contribution in [0.2, 0.25) is 0 Å². The molecule has 0 aliphatic carbocycles. The summed E-state index contributed by atoms with van der Waals surface area (Å²) in [7, 11) is 0. The number of rotatable bonds is 3. The van der Waals surface area contributed by atoms with Gasteiger partial charge in [0.2, 0.25) is 0 Å². The molecule has 0 radical (unpaired) electrons. The summed E-state index contributed by atoms with van der Waals surface area (Å²) in [5, 5.41) is 18.5. The van der Waals surface area contributed by atoms with Crippen LogP contribution < -0.4 is 0 Å². The fourth-order valence-corrected chi connectivity index (χ4v) is 3.35. The van der Waals surface area contributed by atoms with Crippen LogP contribution in [0.4, 0.5) is 0 Å². The zero-order valence-electron chi connectivity index (χ0n) is 13.3. The largest absolute Gasteiger partial charge is 0.480 e. The van der Waals surface area contributed by atoms with Crippen LogP contribution in [0.5, 0.6) is 0 Å². The van der Waals surface area contributed by atoms with E-state index >= 15 is 0 Å². The lowest BCUT2D eigenvalue weighted by atomic mass is 9.95. The molecular formula is C17H19N3O4. The summed E-state index contributed by atoms with van der Waals surface area (Å²) >= 11 is 0. The van der Waals surface area contributed by atoms with Crippen LogP contribution in [0.3, 0.4) is 0 Å². The van der Waals surface area contributed by atoms with Crippen molar-refractivity contribution in [3.63, 3.8) is 0 Å². The fourth-order valence-electron chi connectivity index (χ4n) is 3.35. The van der Waals surface area contributed by atoms with E-state index in [9.17, 15) is 14.7 Å². The summed E-state index contributed by atoms with van der Waals surface area (Å²) in [6.07, 6.45) is 0.473. The van der Waals surface area contributed by atoms with E-state index in [1.165, 1.54) is 0 Å². The van der Waals surface area contributed by atoms with E-state index in [2.05, 4.69) is 0 Å². The number of amides is 1. The topological polar surface area (TPSA) is 93.9 Å². The van der Waals surface area contributed by atoms with Gasteiger partial charge in [0.05, 0.1) is 18.2 Å². The van der Waals surface area contributed by atoms with Crippen LogP contribution in [0.1, 0.15) is 22.3 Å². The molecule has 1 aromatic carbocycles. The predicted octanol–water partition coefficient (Wildman–Crippen LogP) is 0.560. The van der Waals surface area contributed by atoms with Crippen molar-refractivity contribution in [2.45, 2.75) is 12.0 Å². The van der Waals surface area contributed by atoms with Crippen molar-refractivity contribution >= 4 is 11.9 Å². The summed E-state index contributed by atoms with van der Waals surface area (Å²) in [4.78, 5) is 27.9. The second kappa shape index (κ2) is 6.59. The molecule has 2 heterocycles. The number of nitriles is 1. The maximum atomic E-state index is 12.6. The summed E-state index contributed by atoms with van der Waals surface area (Å²) in [6.45, 7) is 2.57. The number of hydrogen-bond acceptors (Lipinski definition) is 5. The Hall–Kier alpha value is -2.43. The van der Waals surface area contributed by atoms with Crippen molar-refractivity contribution < 1.29 is 19.4 Å². The van der Waals surface area contributed by atoms with Crippen molar-refractivity contribution in [3.05, 3.63) is 35.4 Å². The molecule has 2 aliphatic rings. The smallest absolute Gasteiger partial charge is 0.326 e. The number of piperazine rings is 1. The summed E-state index contributed by atoms with van der Waals surface area (Å²) < 4.78 is 5.31. The molecule has 1 amide bonds. The molecule has 0 aromatic heterocycles. The molecule has 0 saturated carbocycles. The normalized spacial score (nSPS) is 24.5. The Morgan fingerprint density at radius 2 is 2.00 bits per heavy atom. The number of carbonyl (C=O) groups is 2. The minimum absolute atomic E-state index is 0.126. The van der Waals surface area contributed by atoms with Gasteiger partial charge in [-0.25, -0.2) is 0 Å². The van der Waals surface area contributed by atoms with Gasteiger partial charge in [-0.1, -0.05) is 6.07 Å². The number of carboxylic acids is 1. The van der Waals surface area contributed by atoms with Crippen molar-refractivity contribution in [1.82, 2.24) is 9.80 Å². The molecule has 126 valence electrons. The van der Waals surface area contributed by atoms with Crippen LogP contribution in [-0.2, 0) is 9.53 Å². The lowest BCUT2D eigenvalue weighted by Gasteiger charge is -2.42. The summed E-state index contributed by atoms with van der Waals surface area (Å²) in [5.41, 5.74) is -0.0253. The van der Waals surface area contributed by atoms with Gasteiger partial charge in [-0.15, -0.1) is 0 Å². The molecule has 2 aliphatic heterocycles. The molecule has 24 heavy (non-hydrogen) atoms. The van der Waals surface area contributed by atoms with E-state index in [-0.39, 0.29) is 12.5 Å². The molecule has 7 nitrogen and oxygen atoms in total. The van der Waals surface area contributed by atoms with Gasteiger partial charge in [0.1, 0.15) is 5.54 Å². The zero-order chi connectivity index (χ0) is 17.2. The first-order valence-corrected chi connectivity index (χ1v) is 7.92. The second-order valence-electron chi connectivity index (χ2n) is 6.11. The van der Waals surface area contributed by atoms with Crippen LogP contribution in [-0.4, -0.2) is 71.7 Å². The first kappa shape index (κ1) is 16.4. The highest BCUT2D eigenvalue weighted by Crippen LogP contribution is 2.28. The van der Waals surface area contributed by atoms with Crippen LogP contribution in [0.25, 0.3) is 0 Å². The Morgan fingerprint density at radius 1 is 1.25 bits per heavy atom. The van der Waals surface area contributed by atoms with Gasteiger partial charge >= 0.3 is 5.97 Å². The lowest BCUT2D eigenvalue weighted by molar-refractivity contribution is -0.152. The fraction of sp³-hybridized carbons (Fsp3) is 0.471. The molecular weight excluding hydrogens is 310 g/mol. The zero-order valence-corrected chi connectivity index (χ0v) is 13.3. The van der Waals surface area contributed by atoms with E-state index < -0.39 is 11.5 Å². The quantitative estimate of drug-likeness (QED) is 0.871. The average Bonchev–Trinajstić information content (AvgIpc) is 3.12. The van der Waals surface area contributed by atoms with Crippen molar-refractivity contribution in [3.8, 4) is 6.07 Å². The average molecular weight is 329 g/mol. The Balaban J connectivity index is 1.67. The van der Waals surface area contributed by atoms with Crippen LogP contribution >= 0.6 is 0 Å². The monoisotopic (exact) mass is 329 g/mol. The number of ether oxygens (including phenoxy) is 1. The van der Waals surface area contributed by atoms with Gasteiger partial charge in [-0.05, 0) is 18.2 Å². The third-order valence-corrected chi connectivity index (χ3v) is 4.81. The Bertz CT molecular complexity index is 683. The standard InChI is InChI=1S/C17H19N3O4/c18-11-13-2-1-3-14(10-13)15(21)19-5-7-20(8-6-19)17(16(22)23)4-9-24-12-17/h1-3,10H,4-9,12H2,(H,22,23). The molecule has 0 bridgehead atoms. The Kier molecular flexibility index (Phi) is 4.51. The molecule has 1 N–H and O–H groups in total. The maximum Gasteiger partial charge on any atom is 0.326 e. The third kappa shape index (κ3) is 2.86. The number of carbonyl (C=O) groups excluding carboxylic acids is 1. The van der Waals surface area contributed by atoms with E-state index in [4.69, 9.17) is 10.00 Å².